The number of anilines is 2. The minimum Gasteiger partial charge on any atom is -0.339 e. The van der Waals surface area contributed by atoms with E-state index in [0.29, 0.717) is 23.8 Å². The number of nitrogens with zero attached hydrogens (tertiary/aromatic N) is 1. The molecule has 2 aromatic carbocycles. The maximum absolute atomic E-state index is 12.3. The van der Waals surface area contributed by atoms with Crippen molar-refractivity contribution in [3.8, 4) is 0 Å². The van der Waals surface area contributed by atoms with Crippen molar-refractivity contribution in [2.45, 2.75) is 27.7 Å². The minimum absolute atomic E-state index is 0.0487. The smallest absolute Gasteiger partial charge is 0.253 e. The summed E-state index contributed by atoms with van der Waals surface area (Å²) in [6.45, 7) is 9.51. The van der Waals surface area contributed by atoms with Crippen molar-refractivity contribution in [2.24, 2.45) is 0 Å². The number of aryl methyl sites for hydroxylation is 1. The molecule has 0 fully saturated rings. The van der Waals surface area contributed by atoms with Crippen molar-refractivity contribution in [3.63, 3.8) is 0 Å². The largest absolute Gasteiger partial charge is 0.339 e. The molecule has 0 atom stereocenters. The van der Waals surface area contributed by atoms with Gasteiger partial charge >= 0.3 is 0 Å². The van der Waals surface area contributed by atoms with E-state index in [2.05, 4.69) is 30.5 Å². The van der Waals surface area contributed by atoms with Gasteiger partial charge in [0, 0.05) is 30.0 Å². The molecule has 0 radical (unpaired) electrons. The van der Waals surface area contributed by atoms with Gasteiger partial charge in [-0.3, -0.25) is 4.79 Å². The van der Waals surface area contributed by atoms with Crippen LogP contribution in [0.4, 0.5) is 11.4 Å². The molecule has 2 rings (SSSR count). The van der Waals surface area contributed by atoms with E-state index in [9.17, 15) is 4.79 Å². The van der Waals surface area contributed by atoms with E-state index in [1.807, 2.05) is 50.2 Å². The molecule has 0 aliphatic heterocycles. The quantitative estimate of drug-likeness (QED) is 0.770. The van der Waals surface area contributed by atoms with Gasteiger partial charge in [-0.15, -0.1) is 0 Å². The lowest BCUT2D eigenvalue weighted by Crippen LogP contribution is -2.30. The summed E-state index contributed by atoms with van der Waals surface area (Å²) in [6, 6.07) is 13.5. The Balaban J connectivity index is 2.02. The molecule has 2 N–H and O–H groups in total. The fourth-order valence-electron chi connectivity index (χ4n) is 2.56. The van der Waals surface area contributed by atoms with Gasteiger partial charge in [-0.2, -0.15) is 0 Å². The van der Waals surface area contributed by atoms with Gasteiger partial charge in [0.2, 0.25) is 0 Å². The van der Waals surface area contributed by atoms with Gasteiger partial charge in [-0.1, -0.05) is 12.1 Å². The molecule has 0 unspecified atom stereocenters. The number of benzene rings is 2. The van der Waals surface area contributed by atoms with Gasteiger partial charge in [-0.05, 0) is 81.4 Å². The number of hydrogen-bond acceptors (Lipinski definition) is 2. The van der Waals surface area contributed by atoms with Crippen LogP contribution < -0.4 is 10.6 Å². The fraction of sp³-hybridized carbons (Fsp3) is 0.300. The van der Waals surface area contributed by atoms with Gasteiger partial charge in [0.05, 0.1) is 0 Å². The fourth-order valence-corrected chi connectivity index (χ4v) is 2.79. The molecule has 0 aliphatic rings. The second-order valence-electron chi connectivity index (χ2n) is 5.88. The number of thiocarbonyl (C=S) groups is 1. The predicted octanol–water partition coefficient (Wildman–Crippen LogP) is 4.59. The molecular formula is C20H25N3OS. The van der Waals surface area contributed by atoms with Crippen molar-refractivity contribution in [1.82, 2.24) is 4.90 Å². The number of carbonyl (C=O) groups excluding carboxylic acids is 1. The zero-order valence-corrected chi connectivity index (χ0v) is 16.0. The van der Waals surface area contributed by atoms with Crippen LogP contribution in [-0.4, -0.2) is 29.0 Å². The third-order valence-corrected chi connectivity index (χ3v) is 4.50. The van der Waals surface area contributed by atoms with Gasteiger partial charge in [0.25, 0.3) is 5.91 Å². The molecule has 132 valence electrons. The minimum atomic E-state index is 0.0487. The van der Waals surface area contributed by atoms with E-state index in [1.165, 1.54) is 11.1 Å². The monoisotopic (exact) mass is 355 g/mol. The first kappa shape index (κ1) is 18.9. The number of carbonyl (C=O) groups is 1. The molecule has 0 saturated carbocycles. The zero-order chi connectivity index (χ0) is 18.4. The molecule has 0 bridgehead atoms. The SMILES string of the molecule is CCN(CC)C(=O)c1ccc(NC(=S)Nc2cccc(C)c2C)cc1. The van der Waals surface area contributed by atoms with E-state index >= 15 is 0 Å². The lowest BCUT2D eigenvalue weighted by atomic mass is 10.1. The van der Waals surface area contributed by atoms with Crippen molar-refractivity contribution in [2.75, 3.05) is 23.7 Å². The summed E-state index contributed by atoms with van der Waals surface area (Å²) in [7, 11) is 0. The third kappa shape index (κ3) is 4.79. The number of nitrogens with one attached hydrogen (secondary N) is 2. The zero-order valence-electron chi connectivity index (χ0n) is 15.2. The van der Waals surface area contributed by atoms with E-state index in [1.54, 1.807) is 4.90 Å². The van der Waals surface area contributed by atoms with E-state index in [-0.39, 0.29) is 5.91 Å². The van der Waals surface area contributed by atoms with Crippen molar-refractivity contribution in [3.05, 3.63) is 59.2 Å². The number of hydrogen-bond donors (Lipinski definition) is 2. The van der Waals surface area contributed by atoms with Crippen LogP contribution in [0.2, 0.25) is 0 Å². The van der Waals surface area contributed by atoms with E-state index in [4.69, 9.17) is 12.2 Å². The van der Waals surface area contributed by atoms with Gasteiger partial charge in [0.15, 0.2) is 5.11 Å². The molecule has 2 aromatic rings. The Labute approximate surface area is 155 Å². The van der Waals surface area contributed by atoms with Crippen molar-refractivity contribution >= 4 is 34.6 Å². The maximum Gasteiger partial charge on any atom is 0.253 e. The predicted molar refractivity (Wildman–Crippen MR) is 109 cm³/mol. The second kappa shape index (κ2) is 8.62. The Morgan fingerprint density at radius 2 is 1.64 bits per heavy atom. The Morgan fingerprint density at radius 3 is 2.24 bits per heavy atom. The third-order valence-electron chi connectivity index (χ3n) is 4.29. The summed E-state index contributed by atoms with van der Waals surface area (Å²) in [5.74, 6) is 0.0487. The average molecular weight is 356 g/mol. The second-order valence-corrected chi connectivity index (χ2v) is 6.29. The Morgan fingerprint density at radius 1 is 1.00 bits per heavy atom. The maximum atomic E-state index is 12.3. The summed E-state index contributed by atoms with van der Waals surface area (Å²) in [5.41, 5.74) is 4.91. The molecule has 0 aliphatic carbocycles. The van der Waals surface area contributed by atoms with Crippen LogP contribution in [0.1, 0.15) is 35.3 Å². The first-order valence-corrected chi connectivity index (χ1v) is 8.90. The number of rotatable bonds is 5. The molecule has 5 heteroatoms. The topological polar surface area (TPSA) is 44.4 Å². The van der Waals surface area contributed by atoms with Crippen LogP contribution in [0, 0.1) is 13.8 Å². The van der Waals surface area contributed by atoms with Crippen LogP contribution in [-0.2, 0) is 0 Å². The highest BCUT2D eigenvalue weighted by molar-refractivity contribution is 7.80. The van der Waals surface area contributed by atoms with Gasteiger partial charge < -0.3 is 15.5 Å². The highest BCUT2D eigenvalue weighted by Gasteiger charge is 2.12. The average Bonchev–Trinajstić information content (AvgIpc) is 2.60. The first-order valence-electron chi connectivity index (χ1n) is 8.49. The molecule has 0 saturated heterocycles. The molecule has 0 spiro atoms. The molecule has 0 heterocycles. The van der Waals surface area contributed by atoms with Crippen LogP contribution in [0.25, 0.3) is 0 Å². The van der Waals surface area contributed by atoms with Crippen LogP contribution in [0.15, 0.2) is 42.5 Å². The molecule has 4 nitrogen and oxygen atoms in total. The molecular weight excluding hydrogens is 330 g/mol. The lowest BCUT2D eigenvalue weighted by molar-refractivity contribution is 0.0773. The lowest BCUT2D eigenvalue weighted by Gasteiger charge is -2.19. The normalized spacial score (nSPS) is 10.2. The van der Waals surface area contributed by atoms with Gasteiger partial charge in [-0.25, -0.2) is 0 Å². The number of amides is 1. The summed E-state index contributed by atoms with van der Waals surface area (Å²) < 4.78 is 0. The molecule has 1 amide bonds. The van der Waals surface area contributed by atoms with Crippen molar-refractivity contribution < 1.29 is 4.79 Å². The molecule has 0 aromatic heterocycles. The van der Waals surface area contributed by atoms with Crippen LogP contribution >= 0.6 is 12.2 Å². The molecule has 25 heavy (non-hydrogen) atoms. The Bertz CT molecular complexity index is 752. The van der Waals surface area contributed by atoms with Crippen LogP contribution in [0.5, 0.6) is 0 Å². The highest BCUT2D eigenvalue weighted by Crippen LogP contribution is 2.19. The van der Waals surface area contributed by atoms with Gasteiger partial charge in [0.1, 0.15) is 0 Å². The van der Waals surface area contributed by atoms with E-state index in [0.717, 1.165) is 11.4 Å². The van der Waals surface area contributed by atoms with E-state index < -0.39 is 0 Å². The first-order chi connectivity index (χ1) is 12.0. The summed E-state index contributed by atoms with van der Waals surface area (Å²) in [6.07, 6.45) is 0. The standard InChI is InChI=1S/C20H25N3OS/c1-5-23(6-2)19(24)16-10-12-17(13-11-16)21-20(25)22-18-9-7-8-14(3)15(18)4/h7-13H,5-6H2,1-4H3,(H2,21,22,25). The van der Waals surface area contributed by atoms with Crippen LogP contribution in [0.3, 0.4) is 0 Å². The summed E-state index contributed by atoms with van der Waals surface area (Å²) >= 11 is 5.39. The summed E-state index contributed by atoms with van der Waals surface area (Å²) in [4.78, 5) is 14.1. The van der Waals surface area contributed by atoms with Crippen molar-refractivity contribution in [1.29, 1.82) is 0 Å². The summed E-state index contributed by atoms with van der Waals surface area (Å²) in [5, 5.41) is 6.90. The Hall–Kier alpha value is -2.40. The highest BCUT2D eigenvalue weighted by atomic mass is 32.1. The Kier molecular flexibility index (Phi) is 6.53.